The van der Waals surface area contributed by atoms with Gasteiger partial charge >= 0.3 is 0 Å². The average molecular weight is 207 g/mol. The summed E-state index contributed by atoms with van der Waals surface area (Å²) in [5, 5.41) is 0. The Morgan fingerprint density at radius 2 is 2.00 bits per heavy atom. The van der Waals surface area contributed by atoms with E-state index in [9.17, 15) is 0 Å². The Morgan fingerprint density at radius 1 is 1.20 bits per heavy atom. The van der Waals surface area contributed by atoms with Gasteiger partial charge in [-0.2, -0.15) is 0 Å². The summed E-state index contributed by atoms with van der Waals surface area (Å²) in [6, 6.07) is 0.513. The van der Waals surface area contributed by atoms with Crippen molar-refractivity contribution in [2.75, 3.05) is 0 Å². The Morgan fingerprint density at radius 3 is 2.67 bits per heavy atom. The first-order chi connectivity index (χ1) is 7.33. The average Bonchev–Trinajstić information content (AvgIpc) is 2.80. The zero-order chi connectivity index (χ0) is 10.7. The van der Waals surface area contributed by atoms with Crippen molar-refractivity contribution in [2.24, 2.45) is 23.5 Å². The fourth-order valence-corrected chi connectivity index (χ4v) is 3.50. The van der Waals surface area contributed by atoms with E-state index < -0.39 is 0 Å². The molecule has 0 aromatic rings. The summed E-state index contributed by atoms with van der Waals surface area (Å²) >= 11 is 0. The van der Waals surface area contributed by atoms with E-state index >= 15 is 0 Å². The summed E-state index contributed by atoms with van der Waals surface area (Å²) in [5.74, 6) is 2.63. The Hall–Kier alpha value is -0.300. The lowest BCUT2D eigenvalue weighted by molar-refractivity contribution is 0.291. The van der Waals surface area contributed by atoms with Crippen LogP contribution in [0.1, 0.15) is 51.9 Å². The van der Waals surface area contributed by atoms with Crippen LogP contribution in [0.3, 0.4) is 0 Å². The molecule has 0 saturated heterocycles. The van der Waals surface area contributed by atoms with E-state index in [1.165, 1.54) is 44.9 Å². The number of unbranched alkanes of at least 4 members (excludes halogenated alkanes) is 2. The molecule has 0 heterocycles. The lowest BCUT2D eigenvalue weighted by Crippen LogP contribution is -2.35. The van der Waals surface area contributed by atoms with Gasteiger partial charge in [-0.05, 0) is 49.9 Å². The second kappa shape index (κ2) is 5.16. The van der Waals surface area contributed by atoms with E-state index in [4.69, 9.17) is 5.73 Å². The van der Waals surface area contributed by atoms with Gasteiger partial charge < -0.3 is 5.73 Å². The molecule has 0 spiro atoms. The fourth-order valence-electron chi connectivity index (χ4n) is 3.50. The van der Waals surface area contributed by atoms with Crippen molar-refractivity contribution in [3.63, 3.8) is 0 Å². The topological polar surface area (TPSA) is 26.0 Å². The van der Waals surface area contributed by atoms with E-state index in [1.54, 1.807) is 0 Å². The van der Waals surface area contributed by atoms with Gasteiger partial charge in [-0.3, -0.25) is 0 Å². The number of nitrogens with two attached hydrogens (primary N) is 1. The van der Waals surface area contributed by atoms with E-state index in [1.807, 2.05) is 0 Å². The van der Waals surface area contributed by atoms with Crippen LogP contribution in [0.15, 0.2) is 12.2 Å². The number of fused-ring (bicyclic) bond motifs is 2. The van der Waals surface area contributed by atoms with Gasteiger partial charge in [0.05, 0.1) is 0 Å². The van der Waals surface area contributed by atoms with Crippen LogP contribution >= 0.6 is 0 Å². The lowest BCUT2D eigenvalue weighted by atomic mass is 9.83. The molecule has 15 heavy (non-hydrogen) atoms. The molecule has 1 nitrogen and oxygen atoms in total. The summed E-state index contributed by atoms with van der Waals surface area (Å²) in [4.78, 5) is 0. The van der Waals surface area contributed by atoms with Crippen LogP contribution < -0.4 is 5.73 Å². The Balaban J connectivity index is 1.73. The van der Waals surface area contributed by atoms with Crippen LogP contribution in [0, 0.1) is 17.8 Å². The molecule has 2 fully saturated rings. The van der Waals surface area contributed by atoms with Crippen LogP contribution in [-0.4, -0.2) is 6.04 Å². The molecule has 0 radical (unpaired) electrons. The highest BCUT2D eigenvalue weighted by Crippen LogP contribution is 2.48. The predicted octanol–water partition coefficient (Wildman–Crippen LogP) is 3.50. The third-order valence-electron chi connectivity index (χ3n) is 4.46. The third-order valence-corrected chi connectivity index (χ3v) is 4.46. The van der Waals surface area contributed by atoms with Crippen LogP contribution in [0.2, 0.25) is 0 Å². The van der Waals surface area contributed by atoms with Gasteiger partial charge in [0.2, 0.25) is 0 Å². The molecule has 1 unspecified atom stereocenters. The predicted molar refractivity (Wildman–Crippen MR) is 65.6 cm³/mol. The summed E-state index contributed by atoms with van der Waals surface area (Å²) in [6.45, 7) is 2.25. The third kappa shape index (κ3) is 2.44. The highest BCUT2D eigenvalue weighted by atomic mass is 14.7. The Bertz CT molecular complexity index is 219. The zero-order valence-corrected chi connectivity index (χ0v) is 9.99. The first-order valence-corrected chi connectivity index (χ1v) is 6.73. The maximum absolute atomic E-state index is 6.27. The molecule has 2 N–H and O–H groups in total. The Labute approximate surface area is 94.1 Å². The quantitative estimate of drug-likeness (QED) is 0.542. The van der Waals surface area contributed by atoms with Crippen molar-refractivity contribution in [1.29, 1.82) is 0 Å². The van der Waals surface area contributed by atoms with Gasteiger partial charge in [0.25, 0.3) is 0 Å². The Kier molecular flexibility index (Phi) is 3.85. The normalized spacial score (nSPS) is 39.3. The molecule has 2 bridgehead atoms. The maximum atomic E-state index is 6.27. The molecule has 4 atom stereocenters. The van der Waals surface area contributed by atoms with Gasteiger partial charge in [0.1, 0.15) is 0 Å². The number of hydrogen-bond acceptors (Lipinski definition) is 1. The van der Waals surface area contributed by atoms with Crippen molar-refractivity contribution in [1.82, 2.24) is 0 Å². The highest BCUT2D eigenvalue weighted by Gasteiger charge is 2.44. The molecule has 0 aliphatic heterocycles. The van der Waals surface area contributed by atoms with Crippen molar-refractivity contribution in [2.45, 2.75) is 57.9 Å². The van der Waals surface area contributed by atoms with E-state index in [2.05, 4.69) is 19.1 Å². The fraction of sp³-hybridized carbons (Fsp3) is 0.857. The van der Waals surface area contributed by atoms with Crippen molar-refractivity contribution < 1.29 is 0 Å². The van der Waals surface area contributed by atoms with Crippen LogP contribution in [0.25, 0.3) is 0 Å². The second-order valence-corrected chi connectivity index (χ2v) is 5.42. The number of allylic oxidation sites excluding steroid dienone is 2. The molecular weight excluding hydrogens is 182 g/mol. The highest BCUT2D eigenvalue weighted by molar-refractivity contribution is 5.01. The number of rotatable bonds is 5. The molecule has 2 saturated carbocycles. The first-order valence-electron chi connectivity index (χ1n) is 6.73. The lowest BCUT2D eigenvalue weighted by Gasteiger charge is -2.27. The van der Waals surface area contributed by atoms with Crippen LogP contribution in [0.4, 0.5) is 0 Å². The van der Waals surface area contributed by atoms with Crippen LogP contribution in [0.5, 0.6) is 0 Å². The van der Waals surface area contributed by atoms with E-state index in [0.29, 0.717) is 6.04 Å². The molecular formula is C14H25N. The van der Waals surface area contributed by atoms with Crippen molar-refractivity contribution >= 4 is 0 Å². The van der Waals surface area contributed by atoms with E-state index in [0.717, 1.165) is 17.8 Å². The zero-order valence-electron chi connectivity index (χ0n) is 9.99. The largest absolute Gasteiger partial charge is 0.327 e. The van der Waals surface area contributed by atoms with Gasteiger partial charge in [-0.25, -0.2) is 0 Å². The maximum Gasteiger partial charge on any atom is 0.0101 e. The molecule has 2 aliphatic rings. The first kappa shape index (κ1) is 11.2. The van der Waals surface area contributed by atoms with E-state index in [-0.39, 0.29) is 0 Å². The molecule has 2 aliphatic carbocycles. The summed E-state index contributed by atoms with van der Waals surface area (Å²) in [5.41, 5.74) is 6.27. The van der Waals surface area contributed by atoms with Gasteiger partial charge in [-0.1, -0.05) is 31.9 Å². The van der Waals surface area contributed by atoms with Gasteiger partial charge in [0, 0.05) is 6.04 Å². The van der Waals surface area contributed by atoms with Crippen molar-refractivity contribution in [3.05, 3.63) is 12.2 Å². The molecule has 0 amide bonds. The molecule has 0 aromatic heterocycles. The summed E-state index contributed by atoms with van der Waals surface area (Å²) < 4.78 is 0. The van der Waals surface area contributed by atoms with Crippen LogP contribution in [-0.2, 0) is 0 Å². The summed E-state index contributed by atoms with van der Waals surface area (Å²) in [7, 11) is 0. The standard InChI is InChI=1S/C14H25N/c1-2-3-4-5-6-7-13-11-8-9-12(10-11)14(13)15/h5-6,11-14H,2-4,7-10,15H2,1H3/b6-5-/t11-,12?,13-,14-/m0/s1. The number of hydrogen-bond donors (Lipinski definition) is 1. The smallest absolute Gasteiger partial charge is 0.0101 e. The summed E-state index contributed by atoms with van der Waals surface area (Å²) in [6.07, 6.45) is 14.2. The van der Waals surface area contributed by atoms with Gasteiger partial charge in [-0.15, -0.1) is 0 Å². The minimum absolute atomic E-state index is 0.513. The molecule has 2 rings (SSSR count). The second-order valence-electron chi connectivity index (χ2n) is 5.42. The van der Waals surface area contributed by atoms with Gasteiger partial charge in [0.15, 0.2) is 0 Å². The monoisotopic (exact) mass is 207 g/mol. The minimum atomic E-state index is 0.513. The molecule has 86 valence electrons. The van der Waals surface area contributed by atoms with Crippen molar-refractivity contribution in [3.8, 4) is 0 Å². The molecule has 1 heteroatoms. The molecule has 0 aromatic carbocycles. The SMILES string of the molecule is CCCC/C=C\C[C@H]1[C@H]2CCC(C2)[C@@H]1N. The minimum Gasteiger partial charge on any atom is -0.327 e.